The van der Waals surface area contributed by atoms with Crippen molar-refractivity contribution >= 4 is 16.3 Å². The second-order valence-electron chi connectivity index (χ2n) is 5.02. The van der Waals surface area contributed by atoms with Crippen LogP contribution in [0.5, 0.6) is 0 Å². The average Bonchev–Trinajstić information content (AvgIpc) is 2.88. The van der Waals surface area contributed by atoms with Gasteiger partial charge in [-0.1, -0.05) is 24.7 Å². The summed E-state index contributed by atoms with van der Waals surface area (Å²) >= 11 is 1.21. The molecular formula is C13H21N3O2S. The molecule has 0 aromatic carbocycles. The number of rotatable bonds is 6. The quantitative estimate of drug-likeness (QED) is 0.644. The zero-order valence-electron chi connectivity index (χ0n) is 11.3. The third-order valence-electron chi connectivity index (χ3n) is 3.56. The molecule has 0 spiro atoms. The Morgan fingerprint density at radius 1 is 1.58 bits per heavy atom. The highest BCUT2D eigenvalue weighted by Gasteiger charge is 2.17. The predicted molar refractivity (Wildman–Crippen MR) is 77.6 cm³/mol. The molecule has 1 aliphatic heterocycles. The van der Waals surface area contributed by atoms with Crippen LogP contribution in [0.3, 0.4) is 0 Å². The number of nitro groups is 1. The zero-order chi connectivity index (χ0) is 13.7. The normalized spacial score (nSPS) is 19.8. The molecule has 1 N–H and O–H groups in total. The summed E-state index contributed by atoms with van der Waals surface area (Å²) in [5.41, 5.74) is 1.05. The molecule has 1 unspecified atom stereocenters. The molecule has 0 bridgehead atoms. The SMILES string of the molecule is CCN(Cc1csc([N+](=O)[O-])c1)CC1CCCCN1. The number of thiophene rings is 1. The summed E-state index contributed by atoms with van der Waals surface area (Å²) in [7, 11) is 0. The summed E-state index contributed by atoms with van der Waals surface area (Å²) in [6.07, 6.45) is 3.82. The number of hydrogen-bond acceptors (Lipinski definition) is 5. The van der Waals surface area contributed by atoms with E-state index in [9.17, 15) is 10.1 Å². The van der Waals surface area contributed by atoms with Crippen molar-refractivity contribution in [3.05, 3.63) is 27.1 Å². The number of piperidine rings is 1. The van der Waals surface area contributed by atoms with Crippen LogP contribution in [0.1, 0.15) is 31.7 Å². The van der Waals surface area contributed by atoms with Gasteiger partial charge in [0.05, 0.1) is 4.92 Å². The monoisotopic (exact) mass is 283 g/mol. The minimum absolute atomic E-state index is 0.238. The molecule has 1 saturated heterocycles. The van der Waals surface area contributed by atoms with Gasteiger partial charge in [-0.25, -0.2) is 0 Å². The van der Waals surface area contributed by atoms with Gasteiger partial charge >= 0.3 is 5.00 Å². The number of hydrogen-bond donors (Lipinski definition) is 1. The Morgan fingerprint density at radius 3 is 3.00 bits per heavy atom. The highest BCUT2D eigenvalue weighted by atomic mass is 32.1. The number of likely N-dealkylation sites (N-methyl/N-ethyl adjacent to an activating group) is 1. The Balaban J connectivity index is 1.88. The molecule has 0 radical (unpaired) electrons. The van der Waals surface area contributed by atoms with Crippen LogP contribution in [0, 0.1) is 10.1 Å². The smallest absolute Gasteiger partial charge is 0.313 e. The van der Waals surface area contributed by atoms with Gasteiger partial charge in [-0.3, -0.25) is 15.0 Å². The first-order valence-corrected chi connectivity index (χ1v) is 7.74. The Morgan fingerprint density at radius 2 is 2.42 bits per heavy atom. The van der Waals surface area contributed by atoms with Crippen molar-refractivity contribution in [3.63, 3.8) is 0 Å². The molecule has 106 valence electrons. The maximum atomic E-state index is 10.7. The standard InChI is InChI=1S/C13H21N3O2S/c1-2-15(9-12-5-3-4-6-14-12)8-11-7-13(16(17)18)19-10-11/h7,10,12,14H,2-6,8-9H2,1H3. The van der Waals surface area contributed by atoms with E-state index < -0.39 is 0 Å². The fourth-order valence-corrected chi connectivity index (χ4v) is 3.22. The summed E-state index contributed by atoms with van der Waals surface area (Å²) in [5, 5.41) is 16.4. The molecule has 0 saturated carbocycles. The van der Waals surface area contributed by atoms with Crippen molar-refractivity contribution in [1.82, 2.24) is 10.2 Å². The third kappa shape index (κ3) is 4.26. The molecule has 1 aromatic heterocycles. The van der Waals surface area contributed by atoms with E-state index in [-0.39, 0.29) is 9.92 Å². The highest BCUT2D eigenvalue weighted by Crippen LogP contribution is 2.23. The van der Waals surface area contributed by atoms with Crippen molar-refractivity contribution in [1.29, 1.82) is 0 Å². The fraction of sp³-hybridized carbons (Fsp3) is 0.692. The Bertz CT molecular complexity index is 416. The zero-order valence-corrected chi connectivity index (χ0v) is 12.1. The van der Waals surface area contributed by atoms with E-state index in [1.807, 2.05) is 5.38 Å². The molecule has 0 amide bonds. The summed E-state index contributed by atoms with van der Waals surface area (Å²) in [5.74, 6) is 0. The summed E-state index contributed by atoms with van der Waals surface area (Å²) < 4.78 is 0. The molecule has 5 nitrogen and oxygen atoms in total. The molecular weight excluding hydrogens is 262 g/mol. The van der Waals surface area contributed by atoms with Crippen LogP contribution in [0.15, 0.2) is 11.4 Å². The van der Waals surface area contributed by atoms with Gasteiger partial charge in [0, 0.05) is 30.6 Å². The molecule has 0 aliphatic carbocycles. The van der Waals surface area contributed by atoms with Crippen LogP contribution >= 0.6 is 11.3 Å². The van der Waals surface area contributed by atoms with E-state index >= 15 is 0 Å². The Kier molecular flexibility index (Phi) is 5.30. The van der Waals surface area contributed by atoms with Crippen molar-refractivity contribution in [2.75, 3.05) is 19.6 Å². The summed E-state index contributed by atoms with van der Waals surface area (Å²) in [4.78, 5) is 12.7. The van der Waals surface area contributed by atoms with Crippen LogP contribution in [0.25, 0.3) is 0 Å². The minimum atomic E-state index is -0.312. The first-order valence-electron chi connectivity index (χ1n) is 6.86. The lowest BCUT2D eigenvalue weighted by Crippen LogP contribution is -2.43. The minimum Gasteiger partial charge on any atom is -0.313 e. The van der Waals surface area contributed by atoms with E-state index in [1.165, 1.54) is 30.6 Å². The van der Waals surface area contributed by atoms with Gasteiger partial charge in [-0.15, -0.1) is 0 Å². The Hall–Kier alpha value is -0.980. The Labute approximate surface area is 117 Å². The van der Waals surface area contributed by atoms with E-state index in [0.717, 1.165) is 31.7 Å². The van der Waals surface area contributed by atoms with Gasteiger partial charge in [0.1, 0.15) is 0 Å². The van der Waals surface area contributed by atoms with Crippen LogP contribution < -0.4 is 5.32 Å². The lowest BCUT2D eigenvalue weighted by molar-refractivity contribution is -0.380. The van der Waals surface area contributed by atoms with Gasteiger partial charge in [0.2, 0.25) is 0 Å². The third-order valence-corrected chi connectivity index (χ3v) is 4.49. The molecule has 1 aliphatic rings. The van der Waals surface area contributed by atoms with E-state index in [4.69, 9.17) is 0 Å². The van der Waals surface area contributed by atoms with Gasteiger partial charge < -0.3 is 5.32 Å². The first kappa shape index (κ1) is 14.4. The van der Waals surface area contributed by atoms with Crippen LogP contribution in [-0.4, -0.2) is 35.5 Å². The molecule has 2 heterocycles. The van der Waals surface area contributed by atoms with Crippen molar-refractivity contribution in [3.8, 4) is 0 Å². The first-order chi connectivity index (χ1) is 9.19. The van der Waals surface area contributed by atoms with E-state index in [1.54, 1.807) is 6.07 Å². The van der Waals surface area contributed by atoms with Crippen molar-refractivity contribution < 1.29 is 4.92 Å². The number of nitrogens with zero attached hydrogens (tertiary/aromatic N) is 2. The van der Waals surface area contributed by atoms with Crippen LogP contribution in [-0.2, 0) is 6.54 Å². The molecule has 19 heavy (non-hydrogen) atoms. The van der Waals surface area contributed by atoms with Gasteiger partial charge in [0.15, 0.2) is 0 Å². The lowest BCUT2D eigenvalue weighted by Gasteiger charge is -2.29. The largest absolute Gasteiger partial charge is 0.324 e. The highest BCUT2D eigenvalue weighted by molar-refractivity contribution is 7.13. The molecule has 1 atom stereocenters. The topological polar surface area (TPSA) is 58.4 Å². The summed E-state index contributed by atoms with van der Waals surface area (Å²) in [6, 6.07) is 2.27. The maximum absolute atomic E-state index is 10.7. The van der Waals surface area contributed by atoms with Crippen LogP contribution in [0.4, 0.5) is 5.00 Å². The number of nitrogens with one attached hydrogen (secondary N) is 1. The molecule has 6 heteroatoms. The van der Waals surface area contributed by atoms with Gasteiger partial charge in [-0.2, -0.15) is 0 Å². The summed E-state index contributed by atoms with van der Waals surface area (Å²) in [6.45, 7) is 6.07. The van der Waals surface area contributed by atoms with Crippen LogP contribution in [0.2, 0.25) is 0 Å². The molecule has 2 rings (SSSR count). The maximum Gasteiger partial charge on any atom is 0.324 e. The van der Waals surface area contributed by atoms with Gasteiger partial charge in [0.25, 0.3) is 0 Å². The average molecular weight is 283 g/mol. The van der Waals surface area contributed by atoms with E-state index in [0.29, 0.717) is 6.04 Å². The second-order valence-corrected chi connectivity index (χ2v) is 5.91. The fourth-order valence-electron chi connectivity index (χ4n) is 2.50. The molecule has 1 fully saturated rings. The molecule has 1 aromatic rings. The van der Waals surface area contributed by atoms with Crippen molar-refractivity contribution in [2.45, 2.75) is 38.8 Å². The van der Waals surface area contributed by atoms with E-state index in [2.05, 4.69) is 17.1 Å². The lowest BCUT2D eigenvalue weighted by atomic mass is 10.0. The second kappa shape index (κ2) is 6.98. The van der Waals surface area contributed by atoms with Crippen molar-refractivity contribution in [2.24, 2.45) is 0 Å². The van der Waals surface area contributed by atoms with Gasteiger partial charge in [-0.05, 0) is 31.5 Å². The predicted octanol–water partition coefficient (Wildman–Crippen LogP) is 2.62.